The third kappa shape index (κ3) is 3.70. The molecule has 2 N–H and O–H groups in total. The Balaban J connectivity index is 2.43. The fraction of sp³-hybridized carbons (Fsp3) is 0.375. The minimum atomic E-state index is -0.336. The van der Waals surface area contributed by atoms with Crippen molar-refractivity contribution in [3.05, 3.63) is 51.4 Å². The van der Waals surface area contributed by atoms with Crippen molar-refractivity contribution in [1.29, 1.82) is 0 Å². The summed E-state index contributed by atoms with van der Waals surface area (Å²) in [5, 5.41) is 17.3. The zero-order valence-electron chi connectivity index (χ0n) is 12.7. The fourth-order valence-electron chi connectivity index (χ4n) is 2.25. The second-order valence-corrected chi connectivity index (χ2v) is 5.25. The van der Waals surface area contributed by atoms with Gasteiger partial charge in [-0.1, -0.05) is 13.0 Å². The highest BCUT2D eigenvalue weighted by atomic mass is 16.3. The van der Waals surface area contributed by atoms with E-state index in [0.29, 0.717) is 17.9 Å². The summed E-state index contributed by atoms with van der Waals surface area (Å²) in [7, 11) is 0. The van der Waals surface area contributed by atoms with E-state index in [9.17, 15) is 9.90 Å². The van der Waals surface area contributed by atoms with E-state index in [0.717, 1.165) is 24.1 Å². The number of aryl methyl sites for hydroxylation is 2. The molecule has 0 aliphatic heterocycles. The maximum absolute atomic E-state index is 12.1. The molecule has 0 atom stereocenters. The Morgan fingerprint density at radius 1 is 1.19 bits per heavy atom. The lowest BCUT2D eigenvalue weighted by Gasteiger charge is -2.11. The number of aromatic hydroxyl groups is 1. The maximum atomic E-state index is 12.1. The summed E-state index contributed by atoms with van der Waals surface area (Å²) in [6.07, 6.45) is 0.997. The van der Waals surface area contributed by atoms with Crippen molar-refractivity contribution in [2.45, 2.75) is 33.7 Å². The van der Waals surface area contributed by atoms with Gasteiger partial charge >= 0.3 is 0 Å². The van der Waals surface area contributed by atoms with Crippen LogP contribution in [0.1, 0.15) is 30.2 Å². The quantitative estimate of drug-likeness (QED) is 0.826. The van der Waals surface area contributed by atoms with Gasteiger partial charge in [-0.3, -0.25) is 4.79 Å². The van der Waals surface area contributed by atoms with Gasteiger partial charge in [-0.2, -0.15) is 9.78 Å². The average molecular weight is 287 g/mol. The van der Waals surface area contributed by atoms with E-state index in [1.54, 1.807) is 0 Å². The molecule has 0 amide bonds. The number of hydrogen-bond acceptors (Lipinski definition) is 4. The van der Waals surface area contributed by atoms with Crippen molar-refractivity contribution >= 4 is 0 Å². The highest BCUT2D eigenvalue weighted by Gasteiger charge is 2.09. The van der Waals surface area contributed by atoms with E-state index in [1.165, 1.54) is 10.7 Å². The van der Waals surface area contributed by atoms with Crippen molar-refractivity contribution in [2.75, 3.05) is 6.54 Å². The van der Waals surface area contributed by atoms with Crippen molar-refractivity contribution in [1.82, 2.24) is 15.1 Å². The van der Waals surface area contributed by atoms with E-state index in [4.69, 9.17) is 0 Å². The first-order valence-electron chi connectivity index (χ1n) is 7.13. The first-order chi connectivity index (χ1) is 10.0. The number of benzene rings is 1. The molecule has 0 aliphatic rings. The van der Waals surface area contributed by atoms with Crippen molar-refractivity contribution < 1.29 is 5.11 Å². The zero-order chi connectivity index (χ0) is 15.4. The number of rotatable bonds is 5. The monoisotopic (exact) mass is 287 g/mol. The number of nitrogens with one attached hydrogen (secondary N) is 1. The van der Waals surface area contributed by atoms with E-state index in [1.807, 2.05) is 32.0 Å². The Morgan fingerprint density at radius 2 is 1.86 bits per heavy atom. The highest BCUT2D eigenvalue weighted by molar-refractivity contribution is 5.39. The van der Waals surface area contributed by atoms with Crippen LogP contribution in [0.3, 0.4) is 0 Å². The molecule has 2 rings (SSSR count). The normalized spacial score (nSPS) is 10.8. The van der Waals surface area contributed by atoms with Crippen LogP contribution >= 0.6 is 0 Å². The van der Waals surface area contributed by atoms with Gasteiger partial charge < -0.3 is 10.4 Å². The SMILES string of the molecule is CCCNCc1nn(-c2cc(C)cc(C)c2)c(=O)cc1O. The van der Waals surface area contributed by atoms with Crippen LogP contribution in [0.2, 0.25) is 0 Å². The van der Waals surface area contributed by atoms with Gasteiger partial charge in [0.1, 0.15) is 11.4 Å². The topological polar surface area (TPSA) is 67.2 Å². The summed E-state index contributed by atoms with van der Waals surface area (Å²) in [6.45, 7) is 7.29. The van der Waals surface area contributed by atoms with Crippen LogP contribution in [0.25, 0.3) is 5.69 Å². The van der Waals surface area contributed by atoms with Gasteiger partial charge in [-0.25, -0.2) is 0 Å². The summed E-state index contributed by atoms with van der Waals surface area (Å²) >= 11 is 0. The third-order valence-electron chi connectivity index (χ3n) is 3.16. The van der Waals surface area contributed by atoms with Crippen molar-refractivity contribution in [3.8, 4) is 11.4 Å². The minimum Gasteiger partial charge on any atom is -0.506 e. The summed E-state index contributed by atoms with van der Waals surface area (Å²) in [5.41, 5.74) is 2.99. The molecule has 2 aromatic rings. The summed E-state index contributed by atoms with van der Waals surface area (Å²) in [5.74, 6) is -0.0655. The van der Waals surface area contributed by atoms with Crippen molar-refractivity contribution in [2.24, 2.45) is 0 Å². The molecule has 1 aromatic heterocycles. The maximum Gasteiger partial charge on any atom is 0.275 e. The molecule has 0 bridgehead atoms. The number of aromatic nitrogens is 2. The van der Waals surface area contributed by atoms with Gasteiger partial charge in [-0.15, -0.1) is 0 Å². The molecule has 0 spiro atoms. The van der Waals surface area contributed by atoms with Crippen LogP contribution in [0.15, 0.2) is 29.1 Å². The lowest BCUT2D eigenvalue weighted by molar-refractivity contribution is 0.451. The van der Waals surface area contributed by atoms with Crippen LogP contribution < -0.4 is 10.9 Å². The molecular weight excluding hydrogens is 266 g/mol. The molecule has 21 heavy (non-hydrogen) atoms. The first-order valence-corrected chi connectivity index (χ1v) is 7.13. The molecule has 0 unspecified atom stereocenters. The highest BCUT2D eigenvalue weighted by Crippen LogP contribution is 2.15. The largest absolute Gasteiger partial charge is 0.506 e. The lowest BCUT2D eigenvalue weighted by atomic mass is 10.1. The molecule has 1 heterocycles. The van der Waals surface area contributed by atoms with Crippen LogP contribution in [-0.4, -0.2) is 21.4 Å². The lowest BCUT2D eigenvalue weighted by Crippen LogP contribution is -2.24. The summed E-state index contributed by atoms with van der Waals surface area (Å²) in [4.78, 5) is 12.1. The second kappa shape index (κ2) is 6.54. The van der Waals surface area contributed by atoms with Crippen LogP contribution in [-0.2, 0) is 6.54 Å². The molecule has 1 aromatic carbocycles. The Morgan fingerprint density at radius 3 is 2.48 bits per heavy atom. The molecule has 0 fully saturated rings. The number of hydrogen-bond donors (Lipinski definition) is 2. The van der Waals surface area contributed by atoms with Crippen LogP contribution in [0.4, 0.5) is 0 Å². The summed E-state index contributed by atoms with van der Waals surface area (Å²) in [6, 6.07) is 7.07. The second-order valence-electron chi connectivity index (χ2n) is 5.25. The van der Waals surface area contributed by atoms with Gasteiger partial charge in [0.2, 0.25) is 0 Å². The Labute approximate surface area is 124 Å². The van der Waals surface area contributed by atoms with E-state index >= 15 is 0 Å². The van der Waals surface area contributed by atoms with Gasteiger partial charge in [0.25, 0.3) is 5.56 Å². The van der Waals surface area contributed by atoms with Gasteiger partial charge in [0.15, 0.2) is 0 Å². The predicted molar refractivity (Wildman–Crippen MR) is 83.0 cm³/mol. The number of nitrogens with zero attached hydrogens (tertiary/aromatic N) is 2. The Hall–Kier alpha value is -2.14. The standard InChI is InChI=1S/C16H21N3O2/c1-4-5-17-10-14-15(20)9-16(21)19(18-14)13-7-11(2)6-12(3)8-13/h6-9,17,20H,4-5,10H2,1-3H3. The molecule has 0 radical (unpaired) electrons. The Bertz CT molecular complexity index is 672. The molecular formula is C16H21N3O2. The minimum absolute atomic E-state index is 0.0655. The smallest absolute Gasteiger partial charge is 0.275 e. The van der Waals surface area contributed by atoms with E-state index in [-0.39, 0.29) is 11.3 Å². The molecule has 0 saturated heterocycles. The van der Waals surface area contributed by atoms with Gasteiger partial charge in [0.05, 0.1) is 5.69 Å². The zero-order valence-corrected chi connectivity index (χ0v) is 12.7. The summed E-state index contributed by atoms with van der Waals surface area (Å²) < 4.78 is 1.34. The molecule has 0 aliphatic carbocycles. The fourth-order valence-corrected chi connectivity index (χ4v) is 2.25. The van der Waals surface area contributed by atoms with E-state index in [2.05, 4.69) is 17.3 Å². The molecule has 5 heteroatoms. The third-order valence-corrected chi connectivity index (χ3v) is 3.16. The van der Waals surface area contributed by atoms with Gasteiger partial charge in [-0.05, 0) is 50.1 Å². The molecule has 0 saturated carbocycles. The predicted octanol–water partition coefficient (Wildman–Crippen LogP) is 2.05. The molecule has 112 valence electrons. The average Bonchev–Trinajstić information content (AvgIpc) is 2.40. The Kier molecular flexibility index (Phi) is 4.75. The van der Waals surface area contributed by atoms with Crippen LogP contribution in [0, 0.1) is 13.8 Å². The first kappa shape index (κ1) is 15.3. The van der Waals surface area contributed by atoms with Crippen molar-refractivity contribution in [3.63, 3.8) is 0 Å². The van der Waals surface area contributed by atoms with E-state index < -0.39 is 0 Å². The van der Waals surface area contributed by atoms with Gasteiger partial charge in [0, 0.05) is 12.6 Å². The van der Waals surface area contributed by atoms with Crippen LogP contribution in [0.5, 0.6) is 5.75 Å². The molecule has 5 nitrogen and oxygen atoms in total.